The van der Waals surface area contributed by atoms with E-state index < -0.39 is 22.4 Å². The molecule has 2 fully saturated rings. The van der Waals surface area contributed by atoms with Crippen LogP contribution in [0, 0.1) is 6.92 Å². The van der Waals surface area contributed by atoms with E-state index in [0.717, 1.165) is 16.9 Å². The molecule has 12 heteroatoms. The molecule has 10 nitrogen and oxygen atoms in total. The third kappa shape index (κ3) is 5.75. The summed E-state index contributed by atoms with van der Waals surface area (Å²) in [6, 6.07) is 9.31. The Morgan fingerprint density at radius 3 is 2.47 bits per heavy atom. The van der Waals surface area contributed by atoms with Crippen molar-refractivity contribution in [2.75, 3.05) is 46.2 Å². The standard InChI is InChI=1S/C26H29N2O8S.Na/c1-17-18(14-37(29)24-27-19-12-22-23(13-20(19)28-24)32-9-8-31-22)4-3-5-21(17)30-7-6-25(2)35-15-26(16-36-25)33-10-11-34-26;/h3-5,12-13H,6-11,14-16H2,1-2H3;/q-1;+1. The van der Waals surface area contributed by atoms with Gasteiger partial charge in [0.05, 0.1) is 25.6 Å². The predicted molar refractivity (Wildman–Crippen MR) is 132 cm³/mol. The van der Waals surface area contributed by atoms with E-state index in [1.807, 2.05) is 32.0 Å². The first kappa shape index (κ1) is 27.9. The van der Waals surface area contributed by atoms with Gasteiger partial charge in [0.25, 0.3) is 0 Å². The fraction of sp³-hybridized carbons (Fsp3) is 0.500. The minimum Gasteiger partial charge on any atom is -0.493 e. The molecule has 3 aliphatic rings. The second-order valence-electron chi connectivity index (χ2n) is 9.44. The molecule has 0 bridgehead atoms. The maximum absolute atomic E-state index is 13.2. The van der Waals surface area contributed by atoms with E-state index in [-0.39, 0.29) is 40.5 Å². The van der Waals surface area contributed by atoms with Crippen LogP contribution in [0.1, 0.15) is 24.5 Å². The molecule has 3 aliphatic heterocycles. The van der Waals surface area contributed by atoms with E-state index in [1.54, 1.807) is 12.1 Å². The Balaban J connectivity index is 0.00000294. The summed E-state index contributed by atoms with van der Waals surface area (Å²) in [5.41, 5.74) is 3.11. The summed E-state index contributed by atoms with van der Waals surface area (Å²) in [7, 11) is -1.43. The number of hydrogen-bond acceptors (Lipinski definition) is 9. The van der Waals surface area contributed by atoms with Crippen LogP contribution in [0.5, 0.6) is 17.2 Å². The Labute approximate surface area is 245 Å². The number of benzene rings is 2. The van der Waals surface area contributed by atoms with E-state index in [9.17, 15) is 4.21 Å². The Morgan fingerprint density at radius 2 is 1.74 bits per heavy atom. The molecule has 6 rings (SSSR count). The maximum atomic E-state index is 13.2. The minimum absolute atomic E-state index is 0. The first-order valence-electron chi connectivity index (χ1n) is 12.3. The molecule has 3 aromatic rings. The van der Waals surface area contributed by atoms with E-state index in [2.05, 4.69) is 9.97 Å². The van der Waals surface area contributed by atoms with Crippen LogP contribution in [-0.2, 0) is 35.5 Å². The van der Waals surface area contributed by atoms with Gasteiger partial charge in [0, 0.05) is 22.4 Å². The van der Waals surface area contributed by atoms with Crippen molar-refractivity contribution in [2.24, 2.45) is 0 Å². The molecule has 1 unspecified atom stereocenters. The monoisotopic (exact) mass is 552 g/mol. The quantitative estimate of drug-likeness (QED) is 0.368. The number of imidazole rings is 1. The molecule has 0 aliphatic carbocycles. The molecule has 2 aromatic carbocycles. The predicted octanol–water partition coefficient (Wildman–Crippen LogP) is -0.142. The molecular formula is C26H29N2NaO8S. The normalized spacial score (nSPS) is 20.3. The second kappa shape index (κ2) is 11.4. The van der Waals surface area contributed by atoms with Gasteiger partial charge in [-0.1, -0.05) is 12.1 Å². The van der Waals surface area contributed by atoms with E-state index >= 15 is 0 Å². The molecule has 1 aromatic heterocycles. The summed E-state index contributed by atoms with van der Waals surface area (Å²) in [4.78, 5) is 8.96. The third-order valence-electron chi connectivity index (χ3n) is 6.78. The van der Waals surface area contributed by atoms with Crippen LogP contribution >= 0.6 is 0 Å². The van der Waals surface area contributed by atoms with Crippen LogP contribution in [0.3, 0.4) is 0 Å². The smallest absolute Gasteiger partial charge is 0.493 e. The molecule has 0 saturated carbocycles. The van der Waals surface area contributed by atoms with Crippen LogP contribution < -0.4 is 48.8 Å². The van der Waals surface area contributed by atoms with Gasteiger partial charge >= 0.3 is 29.6 Å². The van der Waals surface area contributed by atoms with Gasteiger partial charge in [0.1, 0.15) is 32.2 Å². The SMILES string of the molecule is Cc1c(CS(=O)c2nc3cc4c(cc3[n-]2)OCCO4)cccc1OCCC1(C)OCC2(CO1)OCCO2.[Na+]. The average molecular weight is 553 g/mol. The topological polar surface area (TPSA) is 109 Å². The number of hydrogen-bond donors (Lipinski definition) is 0. The molecule has 1 spiro atoms. The van der Waals surface area contributed by atoms with E-state index in [0.29, 0.717) is 75.2 Å². The van der Waals surface area contributed by atoms with Crippen molar-refractivity contribution in [2.45, 2.75) is 42.8 Å². The van der Waals surface area contributed by atoms with Crippen molar-refractivity contribution >= 4 is 21.8 Å². The van der Waals surface area contributed by atoms with Gasteiger partial charge in [-0.25, -0.2) is 0 Å². The first-order valence-corrected chi connectivity index (χ1v) is 13.6. The maximum Gasteiger partial charge on any atom is 1.00 e. The summed E-state index contributed by atoms with van der Waals surface area (Å²) >= 11 is 0. The van der Waals surface area contributed by atoms with E-state index in [4.69, 9.17) is 33.2 Å². The van der Waals surface area contributed by atoms with Gasteiger partial charge in [-0.15, -0.1) is 0 Å². The van der Waals surface area contributed by atoms with Crippen molar-refractivity contribution in [3.8, 4) is 17.2 Å². The number of ether oxygens (including phenoxy) is 7. The molecule has 0 amide bonds. The molecule has 198 valence electrons. The summed E-state index contributed by atoms with van der Waals surface area (Å²) in [5.74, 6) is 0.712. The zero-order valence-electron chi connectivity index (χ0n) is 21.8. The summed E-state index contributed by atoms with van der Waals surface area (Å²) in [5, 5.41) is 0.288. The van der Waals surface area contributed by atoms with Gasteiger partial charge in [-0.05, 0) is 54.2 Å². The minimum atomic E-state index is -1.43. The summed E-state index contributed by atoms with van der Waals surface area (Å²) in [6.45, 7) is 6.98. The number of aromatic nitrogens is 2. The van der Waals surface area contributed by atoms with Crippen molar-refractivity contribution in [3.05, 3.63) is 41.5 Å². The van der Waals surface area contributed by atoms with Crippen LogP contribution in [0.15, 0.2) is 35.5 Å². The number of nitrogens with zero attached hydrogens (tertiary/aromatic N) is 2. The van der Waals surface area contributed by atoms with Crippen molar-refractivity contribution in [3.63, 3.8) is 0 Å². The van der Waals surface area contributed by atoms with Gasteiger partial charge in [0.2, 0.25) is 5.79 Å². The number of rotatable bonds is 7. The zero-order chi connectivity index (χ0) is 25.5. The van der Waals surface area contributed by atoms with Crippen LogP contribution in [0.2, 0.25) is 0 Å². The molecule has 4 heterocycles. The summed E-state index contributed by atoms with van der Waals surface area (Å²) < 4.78 is 53.6. The largest absolute Gasteiger partial charge is 1.00 e. The fourth-order valence-electron chi connectivity index (χ4n) is 4.52. The fourth-order valence-corrected chi connectivity index (χ4v) is 5.65. The van der Waals surface area contributed by atoms with Crippen molar-refractivity contribution in [1.82, 2.24) is 9.97 Å². The van der Waals surface area contributed by atoms with Crippen LogP contribution in [-0.4, -0.2) is 67.0 Å². The van der Waals surface area contributed by atoms with Crippen molar-refractivity contribution < 1.29 is 66.9 Å². The zero-order valence-corrected chi connectivity index (χ0v) is 24.6. The molecule has 2 saturated heterocycles. The average Bonchev–Trinajstić information content (AvgIpc) is 3.54. The second-order valence-corrected chi connectivity index (χ2v) is 10.8. The van der Waals surface area contributed by atoms with E-state index in [1.165, 1.54) is 0 Å². The molecule has 1 atom stereocenters. The Bertz CT molecular complexity index is 1270. The Kier molecular flexibility index (Phi) is 8.37. The molecule has 38 heavy (non-hydrogen) atoms. The Hall–Kier alpha value is -1.70. The summed E-state index contributed by atoms with van der Waals surface area (Å²) in [6.07, 6.45) is 0.532. The molecular weight excluding hydrogens is 523 g/mol. The van der Waals surface area contributed by atoms with Gasteiger partial charge in [0.15, 0.2) is 17.3 Å². The third-order valence-corrected chi connectivity index (χ3v) is 7.94. The molecule has 0 N–H and O–H groups in total. The van der Waals surface area contributed by atoms with Crippen LogP contribution in [0.4, 0.5) is 0 Å². The van der Waals surface area contributed by atoms with Crippen molar-refractivity contribution in [1.29, 1.82) is 0 Å². The van der Waals surface area contributed by atoms with Crippen LogP contribution in [0.25, 0.3) is 11.0 Å². The van der Waals surface area contributed by atoms with Gasteiger partial charge < -0.3 is 43.1 Å². The molecule has 0 radical (unpaired) electrons. The van der Waals surface area contributed by atoms with Gasteiger partial charge in [-0.2, -0.15) is 0 Å². The number of fused-ring (bicyclic) bond motifs is 2. The first-order chi connectivity index (χ1) is 17.9. The van der Waals surface area contributed by atoms with Gasteiger partial charge in [-0.3, -0.25) is 4.21 Å². The Morgan fingerprint density at radius 1 is 1.03 bits per heavy atom.